The fraction of sp³-hybridized carbons (Fsp3) is 0.385. The van der Waals surface area contributed by atoms with Gasteiger partial charge in [-0.2, -0.15) is 0 Å². The highest BCUT2D eigenvalue weighted by molar-refractivity contribution is 9.10. The Hall–Kier alpha value is -1.43. The van der Waals surface area contributed by atoms with Crippen molar-refractivity contribution in [2.24, 2.45) is 5.73 Å². The van der Waals surface area contributed by atoms with Gasteiger partial charge in [-0.1, -0.05) is 12.8 Å². The number of nitrogens with two attached hydrogens (primary N) is 1. The minimum atomic E-state index is -0.960. The predicted molar refractivity (Wildman–Crippen MR) is 72.0 cm³/mol. The Kier molecular flexibility index (Phi) is 3.89. The molecule has 1 fully saturated rings. The Morgan fingerprint density at radius 1 is 1.32 bits per heavy atom. The molecule has 0 spiro atoms. The topological polar surface area (TPSA) is 72.2 Å². The van der Waals surface area contributed by atoms with Gasteiger partial charge in [-0.05, 0) is 47.0 Å². The number of nitrogens with one attached hydrogen (secondary N) is 1. The maximum Gasteiger partial charge on any atom is 0.252 e. The van der Waals surface area contributed by atoms with Gasteiger partial charge in [0.1, 0.15) is 11.4 Å². The lowest BCUT2D eigenvalue weighted by Gasteiger charge is -2.26. The van der Waals surface area contributed by atoms with Crippen LogP contribution in [0.5, 0.6) is 0 Å². The van der Waals surface area contributed by atoms with Crippen molar-refractivity contribution in [1.29, 1.82) is 0 Å². The van der Waals surface area contributed by atoms with Crippen molar-refractivity contribution in [3.63, 3.8) is 0 Å². The van der Waals surface area contributed by atoms with Crippen LogP contribution in [-0.4, -0.2) is 17.4 Å². The first-order chi connectivity index (χ1) is 8.94. The average molecular weight is 329 g/mol. The van der Waals surface area contributed by atoms with Crippen LogP contribution in [0.1, 0.15) is 36.0 Å². The number of hydrogen-bond donors (Lipinski definition) is 2. The van der Waals surface area contributed by atoms with E-state index in [1.807, 2.05) is 0 Å². The van der Waals surface area contributed by atoms with E-state index in [4.69, 9.17) is 5.73 Å². The van der Waals surface area contributed by atoms with Crippen molar-refractivity contribution in [1.82, 2.24) is 5.32 Å². The van der Waals surface area contributed by atoms with Crippen LogP contribution in [0.15, 0.2) is 22.7 Å². The van der Waals surface area contributed by atoms with Gasteiger partial charge < -0.3 is 11.1 Å². The summed E-state index contributed by atoms with van der Waals surface area (Å²) in [4.78, 5) is 23.7. The standard InChI is InChI=1S/C13H14BrFN2O2/c14-9-7-8(3-4-10(9)15)11(18)17-13(12(16)19)5-1-2-6-13/h3-4,7H,1-2,5-6H2,(H2,16,19)(H,17,18). The van der Waals surface area contributed by atoms with E-state index in [1.54, 1.807) is 0 Å². The fourth-order valence-electron chi connectivity index (χ4n) is 2.34. The molecule has 3 N–H and O–H groups in total. The highest BCUT2D eigenvalue weighted by Crippen LogP contribution is 2.30. The fourth-order valence-corrected chi connectivity index (χ4v) is 2.72. The molecular formula is C13H14BrFN2O2. The van der Waals surface area contributed by atoms with Crippen LogP contribution in [0.25, 0.3) is 0 Å². The molecule has 1 aliphatic rings. The van der Waals surface area contributed by atoms with Crippen LogP contribution in [0.4, 0.5) is 4.39 Å². The molecule has 0 saturated heterocycles. The highest BCUT2D eigenvalue weighted by atomic mass is 79.9. The molecule has 4 nitrogen and oxygen atoms in total. The van der Waals surface area contributed by atoms with E-state index in [9.17, 15) is 14.0 Å². The molecule has 0 unspecified atom stereocenters. The van der Waals surface area contributed by atoms with E-state index in [1.165, 1.54) is 18.2 Å². The van der Waals surface area contributed by atoms with Crippen LogP contribution in [0.2, 0.25) is 0 Å². The highest BCUT2D eigenvalue weighted by Gasteiger charge is 2.41. The third kappa shape index (κ3) is 2.78. The molecule has 19 heavy (non-hydrogen) atoms. The number of halogens is 2. The molecule has 1 saturated carbocycles. The Morgan fingerprint density at radius 2 is 1.95 bits per heavy atom. The minimum absolute atomic E-state index is 0.208. The Balaban J connectivity index is 2.20. The Bertz CT molecular complexity index is 527. The summed E-state index contributed by atoms with van der Waals surface area (Å²) >= 11 is 3.02. The molecule has 102 valence electrons. The summed E-state index contributed by atoms with van der Waals surface area (Å²) in [5, 5.41) is 2.70. The normalized spacial score (nSPS) is 17.2. The van der Waals surface area contributed by atoms with Crippen molar-refractivity contribution in [2.75, 3.05) is 0 Å². The van der Waals surface area contributed by atoms with Crippen LogP contribution in [0, 0.1) is 5.82 Å². The number of amides is 2. The zero-order valence-corrected chi connectivity index (χ0v) is 11.8. The Morgan fingerprint density at radius 3 is 2.47 bits per heavy atom. The predicted octanol–water partition coefficient (Wildman–Crippen LogP) is 2.12. The molecule has 0 radical (unpaired) electrons. The second-order valence-electron chi connectivity index (χ2n) is 4.74. The molecule has 0 aromatic heterocycles. The van der Waals surface area contributed by atoms with E-state index in [0.717, 1.165) is 12.8 Å². The van der Waals surface area contributed by atoms with Crippen LogP contribution in [-0.2, 0) is 4.79 Å². The van der Waals surface area contributed by atoms with E-state index < -0.39 is 23.2 Å². The summed E-state index contributed by atoms with van der Waals surface area (Å²) in [6.45, 7) is 0. The zero-order valence-electron chi connectivity index (χ0n) is 10.2. The first-order valence-electron chi connectivity index (χ1n) is 6.02. The summed E-state index contributed by atoms with van der Waals surface area (Å²) in [7, 11) is 0. The maximum atomic E-state index is 13.1. The van der Waals surface area contributed by atoms with Gasteiger partial charge in [0.05, 0.1) is 4.47 Å². The monoisotopic (exact) mass is 328 g/mol. The van der Waals surface area contributed by atoms with E-state index in [2.05, 4.69) is 21.2 Å². The van der Waals surface area contributed by atoms with Gasteiger partial charge in [0.15, 0.2) is 0 Å². The third-order valence-corrected chi connectivity index (χ3v) is 4.07. The first kappa shape index (κ1) is 14.0. The van der Waals surface area contributed by atoms with Crippen molar-refractivity contribution < 1.29 is 14.0 Å². The third-order valence-electron chi connectivity index (χ3n) is 3.46. The number of primary amides is 1. The SMILES string of the molecule is NC(=O)C1(NC(=O)c2ccc(F)c(Br)c2)CCCC1. The number of carbonyl (C=O) groups is 2. The van der Waals surface area contributed by atoms with Crippen LogP contribution < -0.4 is 11.1 Å². The maximum absolute atomic E-state index is 13.1. The van der Waals surface area contributed by atoms with Gasteiger partial charge in [0.25, 0.3) is 5.91 Å². The first-order valence-corrected chi connectivity index (χ1v) is 6.81. The molecule has 1 aromatic rings. The van der Waals surface area contributed by atoms with Crippen LogP contribution >= 0.6 is 15.9 Å². The molecule has 0 aliphatic heterocycles. The Labute approximate surface area is 118 Å². The molecule has 6 heteroatoms. The van der Waals surface area contributed by atoms with Gasteiger partial charge in [-0.25, -0.2) is 4.39 Å². The largest absolute Gasteiger partial charge is 0.368 e. The van der Waals surface area contributed by atoms with Gasteiger partial charge in [-0.15, -0.1) is 0 Å². The van der Waals surface area contributed by atoms with E-state index >= 15 is 0 Å². The van der Waals surface area contributed by atoms with Crippen molar-refractivity contribution >= 4 is 27.7 Å². The van der Waals surface area contributed by atoms with Gasteiger partial charge in [-0.3, -0.25) is 9.59 Å². The van der Waals surface area contributed by atoms with Gasteiger partial charge >= 0.3 is 0 Å². The van der Waals surface area contributed by atoms with E-state index in [-0.39, 0.29) is 4.47 Å². The lowest BCUT2D eigenvalue weighted by molar-refractivity contribution is -0.123. The summed E-state index contributed by atoms with van der Waals surface area (Å²) in [5.74, 6) is -1.37. The summed E-state index contributed by atoms with van der Waals surface area (Å²) in [5.41, 5.74) is 4.72. The van der Waals surface area contributed by atoms with Crippen molar-refractivity contribution in [3.8, 4) is 0 Å². The summed E-state index contributed by atoms with van der Waals surface area (Å²) < 4.78 is 13.3. The van der Waals surface area contributed by atoms with Crippen molar-refractivity contribution in [2.45, 2.75) is 31.2 Å². The second kappa shape index (κ2) is 5.28. The molecule has 0 bridgehead atoms. The quantitative estimate of drug-likeness (QED) is 0.892. The lowest BCUT2D eigenvalue weighted by atomic mass is 9.96. The lowest BCUT2D eigenvalue weighted by Crippen LogP contribution is -2.55. The number of carbonyl (C=O) groups excluding carboxylic acids is 2. The number of rotatable bonds is 3. The molecule has 0 atom stereocenters. The molecule has 2 rings (SSSR count). The van der Waals surface area contributed by atoms with E-state index in [0.29, 0.717) is 18.4 Å². The zero-order chi connectivity index (χ0) is 14.0. The smallest absolute Gasteiger partial charge is 0.252 e. The van der Waals surface area contributed by atoms with Crippen molar-refractivity contribution in [3.05, 3.63) is 34.1 Å². The second-order valence-corrected chi connectivity index (χ2v) is 5.59. The minimum Gasteiger partial charge on any atom is -0.368 e. The average Bonchev–Trinajstić information content (AvgIpc) is 2.82. The molecule has 1 aliphatic carbocycles. The number of benzene rings is 1. The van der Waals surface area contributed by atoms with Gasteiger partial charge in [0.2, 0.25) is 5.91 Å². The molecule has 1 aromatic carbocycles. The molecule has 0 heterocycles. The molecular weight excluding hydrogens is 315 g/mol. The summed E-state index contributed by atoms with van der Waals surface area (Å²) in [6, 6.07) is 3.96. The summed E-state index contributed by atoms with van der Waals surface area (Å²) in [6.07, 6.45) is 2.82. The molecule has 2 amide bonds. The van der Waals surface area contributed by atoms with Crippen LogP contribution in [0.3, 0.4) is 0 Å². The van der Waals surface area contributed by atoms with Gasteiger partial charge in [0, 0.05) is 5.56 Å². The number of hydrogen-bond acceptors (Lipinski definition) is 2.